The second kappa shape index (κ2) is 2.36. The first-order valence-electron chi connectivity index (χ1n) is 2.45. The van der Waals surface area contributed by atoms with Crippen LogP contribution in [-0.4, -0.2) is 13.4 Å². The fourth-order valence-electron chi connectivity index (χ4n) is 0.475. The van der Waals surface area contributed by atoms with Crippen LogP contribution in [0, 0.1) is 6.07 Å². The van der Waals surface area contributed by atoms with Crippen molar-refractivity contribution in [3.8, 4) is 0 Å². The minimum absolute atomic E-state index is 0.133. The van der Waals surface area contributed by atoms with Crippen molar-refractivity contribution < 1.29 is 8.42 Å². The Morgan fingerprint density at radius 3 is 2.60 bits per heavy atom. The zero-order valence-electron chi connectivity index (χ0n) is 4.98. The number of nitrogens with two attached hydrogens (primary N) is 1. The second-order valence-corrected chi connectivity index (χ2v) is 3.15. The summed E-state index contributed by atoms with van der Waals surface area (Å²) in [6, 6.07) is 5.30. The number of primary sulfonamides is 1. The molecule has 1 aromatic heterocycles. The molecule has 0 unspecified atom stereocenters. The normalized spacial score (nSPS) is 11.3. The molecule has 0 spiro atoms. The fraction of sp³-hybridized carbons (Fsp3) is 0. The van der Waals surface area contributed by atoms with Gasteiger partial charge >= 0.3 is 0 Å². The Bertz CT molecular complexity index is 306. The smallest absolute Gasteiger partial charge is 0.243 e. The summed E-state index contributed by atoms with van der Waals surface area (Å²) in [7, 11) is -3.63. The summed E-state index contributed by atoms with van der Waals surface area (Å²) in [5.41, 5.74) is 0. The average Bonchev–Trinajstić information content (AvgIpc) is 1.88. The first-order chi connectivity index (χ1) is 4.61. The number of pyridine rings is 1. The molecule has 53 valence electrons. The summed E-state index contributed by atoms with van der Waals surface area (Å²) >= 11 is 0. The maximum absolute atomic E-state index is 10.5. The summed E-state index contributed by atoms with van der Waals surface area (Å²) in [4.78, 5) is 3.48. The van der Waals surface area contributed by atoms with E-state index in [1.54, 1.807) is 0 Å². The third-order valence-corrected chi connectivity index (χ3v) is 1.70. The molecule has 0 bridgehead atoms. The molecule has 0 aliphatic rings. The summed E-state index contributed by atoms with van der Waals surface area (Å²) in [6.45, 7) is 0. The lowest BCUT2D eigenvalue weighted by atomic mass is 10.5. The number of hydrogen-bond donors (Lipinski definition) is 1. The van der Waals surface area contributed by atoms with Gasteiger partial charge in [-0.2, -0.15) is 0 Å². The van der Waals surface area contributed by atoms with Crippen molar-refractivity contribution in [3.05, 3.63) is 24.4 Å². The highest BCUT2D eigenvalue weighted by Crippen LogP contribution is 1.97. The third-order valence-electron chi connectivity index (χ3n) is 0.880. The van der Waals surface area contributed by atoms with Crippen molar-refractivity contribution in [1.29, 1.82) is 0 Å². The predicted octanol–water partition coefficient (Wildman–Crippen LogP) is -0.471. The molecule has 1 radical (unpaired) electrons. The van der Waals surface area contributed by atoms with Gasteiger partial charge < -0.3 is 0 Å². The fourth-order valence-corrected chi connectivity index (χ4v) is 0.932. The molecule has 0 aliphatic carbocycles. The van der Waals surface area contributed by atoms with E-state index in [4.69, 9.17) is 5.14 Å². The Labute approximate surface area is 58.8 Å². The number of rotatable bonds is 1. The molecule has 0 aromatic carbocycles. The Morgan fingerprint density at radius 2 is 2.30 bits per heavy atom. The van der Waals surface area contributed by atoms with Gasteiger partial charge in [-0.05, 0) is 12.1 Å². The van der Waals surface area contributed by atoms with Crippen LogP contribution in [0.4, 0.5) is 0 Å². The highest BCUT2D eigenvalue weighted by Gasteiger charge is 2.05. The average molecular weight is 157 g/mol. The molecule has 5 heteroatoms. The highest BCUT2D eigenvalue weighted by atomic mass is 32.2. The van der Waals surface area contributed by atoms with Crippen LogP contribution in [0.15, 0.2) is 23.4 Å². The van der Waals surface area contributed by atoms with Crippen molar-refractivity contribution in [2.75, 3.05) is 0 Å². The first kappa shape index (κ1) is 7.17. The van der Waals surface area contributed by atoms with Crippen LogP contribution in [0.2, 0.25) is 0 Å². The summed E-state index contributed by atoms with van der Waals surface area (Å²) in [5.74, 6) is 0. The van der Waals surface area contributed by atoms with E-state index in [1.165, 1.54) is 18.3 Å². The second-order valence-electron chi connectivity index (χ2n) is 1.64. The number of sulfonamides is 1. The first-order valence-corrected chi connectivity index (χ1v) is 4.00. The van der Waals surface area contributed by atoms with Crippen molar-refractivity contribution in [2.45, 2.75) is 5.03 Å². The van der Waals surface area contributed by atoms with Crippen molar-refractivity contribution in [1.82, 2.24) is 4.98 Å². The van der Waals surface area contributed by atoms with E-state index in [0.29, 0.717) is 0 Å². The van der Waals surface area contributed by atoms with Crippen LogP contribution in [0.25, 0.3) is 0 Å². The van der Waals surface area contributed by atoms with Crippen LogP contribution in [0.3, 0.4) is 0 Å². The molecule has 0 aliphatic heterocycles. The SMILES string of the molecule is NS(=O)(=O)c1cc[c]cn1. The van der Waals surface area contributed by atoms with E-state index in [0.717, 1.165) is 0 Å². The third kappa shape index (κ3) is 1.52. The minimum atomic E-state index is -3.63. The largest absolute Gasteiger partial charge is 0.255 e. The number of aromatic nitrogens is 1. The highest BCUT2D eigenvalue weighted by molar-refractivity contribution is 7.89. The van der Waals surface area contributed by atoms with Crippen LogP contribution >= 0.6 is 0 Å². The molecule has 2 N–H and O–H groups in total. The maximum Gasteiger partial charge on any atom is 0.255 e. The van der Waals surface area contributed by atoms with Crippen LogP contribution in [0.5, 0.6) is 0 Å². The Morgan fingerprint density at radius 1 is 1.60 bits per heavy atom. The lowest BCUT2D eigenvalue weighted by molar-refractivity contribution is 0.594. The Kier molecular flexibility index (Phi) is 1.69. The van der Waals surface area contributed by atoms with Gasteiger partial charge in [0.25, 0.3) is 10.0 Å². The summed E-state index contributed by atoms with van der Waals surface area (Å²) < 4.78 is 21.1. The maximum atomic E-state index is 10.5. The van der Waals surface area contributed by atoms with E-state index in [2.05, 4.69) is 11.1 Å². The van der Waals surface area contributed by atoms with E-state index in [9.17, 15) is 8.42 Å². The summed E-state index contributed by atoms with van der Waals surface area (Å²) in [5, 5.41) is 4.62. The van der Waals surface area contributed by atoms with Gasteiger partial charge in [-0.25, -0.2) is 18.5 Å². The zero-order valence-corrected chi connectivity index (χ0v) is 5.80. The molecule has 0 saturated heterocycles. The molecule has 0 saturated carbocycles. The number of hydrogen-bond acceptors (Lipinski definition) is 3. The lowest BCUT2D eigenvalue weighted by Crippen LogP contribution is -2.13. The van der Waals surface area contributed by atoms with E-state index < -0.39 is 10.0 Å². The summed E-state index contributed by atoms with van der Waals surface area (Å²) in [6.07, 6.45) is 1.25. The van der Waals surface area contributed by atoms with Gasteiger partial charge in [-0.15, -0.1) is 0 Å². The van der Waals surface area contributed by atoms with Gasteiger partial charge in [-0.3, -0.25) is 0 Å². The molecule has 10 heavy (non-hydrogen) atoms. The lowest BCUT2D eigenvalue weighted by Gasteiger charge is -1.92. The molecule has 4 nitrogen and oxygen atoms in total. The molecular formula is C5H5N2O2S. The molecule has 0 atom stereocenters. The molecular weight excluding hydrogens is 152 g/mol. The molecule has 1 heterocycles. The van der Waals surface area contributed by atoms with E-state index >= 15 is 0 Å². The minimum Gasteiger partial charge on any atom is -0.243 e. The zero-order chi connectivity index (χ0) is 7.61. The predicted molar refractivity (Wildman–Crippen MR) is 34.4 cm³/mol. The monoisotopic (exact) mass is 157 g/mol. The van der Waals surface area contributed by atoms with E-state index in [-0.39, 0.29) is 5.03 Å². The quantitative estimate of drug-likeness (QED) is 0.598. The van der Waals surface area contributed by atoms with Gasteiger partial charge in [0.1, 0.15) is 0 Å². The van der Waals surface area contributed by atoms with Crippen LogP contribution in [0.1, 0.15) is 0 Å². The van der Waals surface area contributed by atoms with Gasteiger partial charge in [-0.1, -0.05) is 0 Å². The topological polar surface area (TPSA) is 73.1 Å². The molecule has 1 rings (SSSR count). The van der Waals surface area contributed by atoms with Crippen molar-refractivity contribution in [3.63, 3.8) is 0 Å². The molecule has 1 aromatic rings. The van der Waals surface area contributed by atoms with Gasteiger partial charge in [0.05, 0.1) is 0 Å². The Balaban J connectivity index is 3.22. The van der Waals surface area contributed by atoms with Crippen LogP contribution < -0.4 is 5.14 Å². The van der Waals surface area contributed by atoms with Crippen LogP contribution in [-0.2, 0) is 10.0 Å². The molecule has 0 fully saturated rings. The van der Waals surface area contributed by atoms with E-state index in [1.807, 2.05) is 0 Å². The van der Waals surface area contributed by atoms with Gasteiger partial charge in [0.15, 0.2) is 5.03 Å². The van der Waals surface area contributed by atoms with Crippen molar-refractivity contribution in [2.24, 2.45) is 5.14 Å². The Hall–Kier alpha value is -0.940. The van der Waals surface area contributed by atoms with Gasteiger partial charge in [0.2, 0.25) is 0 Å². The number of nitrogens with zero attached hydrogens (tertiary/aromatic N) is 1. The van der Waals surface area contributed by atoms with Gasteiger partial charge in [0, 0.05) is 12.3 Å². The van der Waals surface area contributed by atoms with Crippen molar-refractivity contribution >= 4 is 10.0 Å². The standard InChI is InChI=1S/C5H5N2O2S/c6-10(8,9)5-3-1-2-4-7-5/h1,3-4H,(H2,6,8,9). The molecule has 0 amide bonds.